The average molecular weight is 208 g/mol. The minimum absolute atomic E-state index is 0.212. The van der Waals surface area contributed by atoms with E-state index in [9.17, 15) is 4.39 Å². The van der Waals surface area contributed by atoms with Crippen LogP contribution in [0.4, 0.5) is 10.1 Å². The Morgan fingerprint density at radius 1 is 1.53 bits per heavy atom. The zero-order valence-corrected chi connectivity index (χ0v) is 8.96. The number of nitrogens with one attached hydrogen (secondary N) is 1. The molecular formula is C12H17FN2. The molecular weight excluding hydrogens is 191 g/mol. The highest BCUT2D eigenvalue weighted by Gasteiger charge is 2.34. The molecule has 1 aliphatic rings. The van der Waals surface area contributed by atoms with E-state index in [2.05, 4.69) is 12.2 Å². The number of hydrogen-bond acceptors (Lipinski definition) is 2. The van der Waals surface area contributed by atoms with E-state index in [0.717, 1.165) is 5.92 Å². The van der Waals surface area contributed by atoms with Crippen molar-refractivity contribution in [2.75, 3.05) is 5.73 Å². The van der Waals surface area contributed by atoms with Crippen LogP contribution in [0.5, 0.6) is 0 Å². The quantitative estimate of drug-likeness (QED) is 0.745. The SMILES string of the molecule is CCC1CC1NCc1ccc(N)cc1F. The van der Waals surface area contributed by atoms with E-state index in [1.807, 2.05) is 0 Å². The maximum Gasteiger partial charge on any atom is 0.129 e. The lowest BCUT2D eigenvalue weighted by atomic mass is 10.2. The second kappa shape index (κ2) is 4.19. The van der Waals surface area contributed by atoms with Gasteiger partial charge in [0.15, 0.2) is 0 Å². The molecule has 0 bridgehead atoms. The lowest BCUT2D eigenvalue weighted by Crippen LogP contribution is -2.18. The second-order valence-corrected chi connectivity index (χ2v) is 4.24. The van der Waals surface area contributed by atoms with Gasteiger partial charge >= 0.3 is 0 Å². The Kier molecular flexibility index (Phi) is 2.91. The van der Waals surface area contributed by atoms with Gasteiger partial charge in [-0.25, -0.2) is 4.39 Å². The third-order valence-corrected chi connectivity index (χ3v) is 3.08. The first kappa shape index (κ1) is 10.4. The van der Waals surface area contributed by atoms with Gasteiger partial charge in [-0.1, -0.05) is 19.4 Å². The molecule has 2 atom stereocenters. The molecule has 1 aromatic carbocycles. The fourth-order valence-corrected chi connectivity index (χ4v) is 1.90. The minimum atomic E-state index is -0.212. The van der Waals surface area contributed by atoms with Crippen molar-refractivity contribution < 1.29 is 4.39 Å². The minimum Gasteiger partial charge on any atom is -0.399 e. The van der Waals surface area contributed by atoms with Crippen LogP contribution >= 0.6 is 0 Å². The number of rotatable bonds is 4. The molecule has 2 rings (SSSR count). The molecule has 0 spiro atoms. The summed E-state index contributed by atoms with van der Waals surface area (Å²) in [5.41, 5.74) is 6.66. The maximum atomic E-state index is 13.4. The third kappa shape index (κ3) is 2.48. The predicted molar refractivity (Wildman–Crippen MR) is 59.8 cm³/mol. The fourth-order valence-electron chi connectivity index (χ4n) is 1.90. The van der Waals surface area contributed by atoms with Crippen LogP contribution in [-0.2, 0) is 6.54 Å². The van der Waals surface area contributed by atoms with Crippen LogP contribution in [0.3, 0.4) is 0 Å². The molecule has 0 aliphatic heterocycles. The number of hydrogen-bond donors (Lipinski definition) is 2. The van der Waals surface area contributed by atoms with E-state index >= 15 is 0 Å². The van der Waals surface area contributed by atoms with Gasteiger partial charge in [-0.15, -0.1) is 0 Å². The molecule has 0 amide bonds. The van der Waals surface area contributed by atoms with E-state index in [4.69, 9.17) is 5.73 Å². The topological polar surface area (TPSA) is 38.0 Å². The van der Waals surface area contributed by atoms with Gasteiger partial charge in [-0.3, -0.25) is 0 Å². The van der Waals surface area contributed by atoms with Crippen molar-refractivity contribution in [3.63, 3.8) is 0 Å². The molecule has 1 aliphatic carbocycles. The van der Waals surface area contributed by atoms with E-state index in [1.54, 1.807) is 12.1 Å². The normalized spacial score (nSPS) is 24.1. The number of benzene rings is 1. The van der Waals surface area contributed by atoms with Gasteiger partial charge < -0.3 is 11.1 Å². The molecule has 1 fully saturated rings. The summed E-state index contributed by atoms with van der Waals surface area (Å²) in [5, 5.41) is 3.35. The lowest BCUT2D eigenvalue weighted by Gasteiger charge is -2.05. The maximum absolute atomic E-state index is 13.4. The van der Waals surface area contributed by atoms with Crippen LogP contribution in [0.1, 0.15) is 25.3 Å². The fraction of sp³-hybridized carbons (Fsp3) is 0.500. The summed E-state index contributed by atoms with van der Waals surface area (Å²) in [4.78, 5) is 0. The van der Waals surface area contributed by atoms with Crippen molar-refractivity contribution in [1.82, 2.24) is 5.32 Å². The van der Waals surface area contributed by atoms with Crippen molar-refractivity contribution in [3.05, 3.63) is 29.6 Å². The third-order valence-electron chi connectivity index (χ3n) is 3.08. The van der Waals surface area contributed by atoms with Crippen LogP contribution in [0.15, 0.2) is 18.2 Å². The predicted octanol–water partition coefficient (Wildman–Crippen LogP) is 2.30. The standard InChI is InChI=1S/C12H17FN2/c1-2-8-5-12(8)15-7-9-3-4-10(14)6-11(9)13/h3-4,6,8,12,15H,2,5,7,14H2,1H3. The Bertz CT molecular complexity index is 351. The number of nitrogen functional groups attached to an aromatic ring is 1. The summed E-state index contributed by atoms with van der Waals surface area (Å²) in [7, 11) is 0. The average Bonchev–Trinajstić information content (AvgIpc) is 2.95. The van der Waals surface area contributed by atoms with Gasteiger partial charge in [0.2, 0.25) is 0 Å². The van der Waals surface area contributed by atoms with Crippen molar-refractivity contribution >= 4 is 5.69 Å². The van der Waals surface area contributed by atoms with Gasteiger partial charge in [0, 0.05) is 23.8 Å². The summed E-state index contributed by atoms with van der Waals surface area (Å²) < 4.78 is 13.4. The van der Waals surface area contributed by atoms with Crippen LogP contribution in [0, 0.1) is 11.7 Å². The first-order valence-electron chi connectivity index (χ1n) is 5.48. The Hall–Kier alpha value is -1.09. The molecule has 1 aromatic rings. The smallest absolute Gasteiger partial charge is 0.129 e. The summed E-state index contributed by atoms with van der Waals surface area (Å²) in [5.74, 6) is 0.582. The molecule has 0 radical (unpaired) electrons. The highest BCUT2D eigenvalue weighted by molar-refractivity contribution is 5.40. The van der Waals surface area contributed by atoms with E-state index in [-0.39, 0.29) is 5.82 Å². The zero-order chi connectivity index (χ0) is 10.8. The molecule has 3 heteroatoms. The molecule has 2 unspecified atom stereocenters. The van der Waals surface area contributed by atoms with Crippen molar-refractivity contribution in [2.45, 2.75) is 32.4 Å². The van der Waals surface area contributed by atoms with Crippen LogP contribution in [0.2, 0.25) is 0 Å². The molecule has 2 nitrogen and oxygen atoms in total. The van der Waals surface area contributed by atoms with Crippen molar-refractivity contribution in [2.24, 2.45) is 5.92 Å². The van der Waals surface area contributed by atoms with Gasteiger partial charge in [0.05, 0.1) is 0 Å². The van der Waals surface area contributed by atoms with E-state index < -0.39 is 0 Å². The first-order valence-corrected chi connectivity index (χ1v) is 5.48. The van der Waals surface area contributed by atoms with E-state index in [0.29, 0.717) is 23.8 Å². The Labute approximate surface area is 89.7 Å². The first-order chi connectivity index (χ1) is 7.20. The highest BCUT2D eigenvalue weighted by atomic mass is 19.1. The molecule has 82 valence electrons. The Morgan fingerprint density at radius 3 is 2.93 bits per heavy atom. The summed E-state index contributed by atoms with van der Waals surface area (Å²) in [6.07, 6.45) is 2.44. The molecule has 15 heavy (non-hydrogen) atoms. The number of nitrogens with two attached hydrogens (primary N) is 1. The zero-order valence-electron chi connectivity index (χ0n) is 8.96. The van der Waals surface area contributed by atoms with Crippen LogP contribution < -0.4 is 11.1 Å². The van der Waals surface area contributed by atoms with Gasteiger partial charge in [-0.2, -0.15) is 0 Å². The van der Waals surface area contributed by atoms with Gasteiger partial charge in [0.1, 0.15) is 5.82 Å². The van der Waals surface area contributed by atoms with Crippen LogP contribution in [0.25, 0.3) is 0 Å². The molecule has 0 saturated heterocycles. The summed E-state index contributed by atoms with van der Waals surface area (Å²) in [6, 6.07) is 5.46. The van der Waals surface area contributed by atoms with Crippen LogP contribution in [-0.4, -0.2) is 6.04 Å². The highest BCUT2D eigenvalue weighted by Crippen LogP contribution is 2.33. The van der Waals surface area contributed by atoms with Gasteiger partial charge in [-0.05, 0) is 24.5 Å². The molecule has 0 aromatic heterocycles. The molecule has 0 heterocycles. The molecule has 3 N–H and O–H groups in total. The van der Waals surface area contributed by atoms with Crippen molar-refractivity contribution in [3.8, 4) is 0 Å². The lowest BCUT2D eigenvalue weighted by molar-refractivity contribution is 0.573. The Balaban J connectivity index is 1.88. The van der Waals surface area contributed by atoms with Crippen molar-refractivity contribution in [1.29, 1.82) is 0 Å². The number of halogens is 1. The summed E-state index contributed by atoms with van der Waals surface area (Å²) in [6.45, 7) is 2.80. The second-order valence-electron chi connectivity index (χ2n) is 4.24. The number of anilines is 1. The Morgan fingerprint density at radius 2 is 2.33 bits per heavy atom. The summed E-state index contributed by atoms with van der Waals surface area (Å²) >= 11 is 0. The largest absolute Gasteiger partial charge is 0.399 e. The van der Waals surface area contributed by atoms with Gasteiger partial charge in [0.25, 0.3) is 0 Å². The van der Waals surface area contributed by atoms with E-state index in [1.165, 1.54) is 18.9 Å². The molecule has 1 saturated carbocycles. The monoisotopic (exact) mass is 208 g/mol.